The van der Waals surface area contributed by atoms with Crippen molar-refractivity contribution < 1.29 is 4.79 Å². The third kappa shape index (κ3) is 2.05. The maximum atomic E-state index is 12.4. The molecule has 1 heterocycles. The Morgan fingerprint density at radius 3 is 2.50 bits per heavy atom. The fourth-order valence-electron chi connectivity index (χ4n) is 2.40. The first-order valence-electron chi connectivity index (χ1n) is 6.47. The van der Waals surface area contributed by atoms with Crippen LogP contribution in [0.4, 0.5) is 5.82 Å². The highest BCUT2D eigenvalue weighted by molar-refractivity contribution is 6.09. The maximum Gasteiger partial charge on any atom is 0.257 e. The molecule has 0 aliphatic rings. The third-order valence-corrected chi connectivity index (χ3v) is 3.41. The van der Waals surface area contributed by atoms with E-state index in [1.165, 1.54) is 0 Å². The minimum atomic E-state index is -0.127. The van der Waals surface area contributed by atoms with E-state index in [1.54, 1.807) is 0 Å². The molecule has 4 heteroatoms. The zero-order valence-electron chi connectivity index (χ0n) is 11.4. The van der Waals surface area contributed by atoms with Gasteiger partial charge in [-0.3, -0.25) is 9.89 Å². The van der Waals surface area contributed by atoms with Gasteiger partial charge in [-0.05, 0) is 37.1 Å². The number of para-hydroxylation sites is 1. The van der Waals surface area contributed by atoms with Gasteiger partial charge in [-0.25, -0.2) is 0 Å². The van der Waals surface area contributed by atoms with Gasteiger partial charge in [-0.2, -0.15) is 5.10 Å². The first kappa shape index (κ1) is 12.4. The van der Waals surface area contributed by atoms with Crippen LogP contribution in [0.2, 0.25) is 0 Å². The van der Waals surface area contributed by atoms with E-state index in [9.17, 15) is 4.79 Å². The summed E-state index contributed by atoms with van der Waals surface area (Å²) in [7, 11) is 0. The molecule has 0 radical (unpaired) electrons. The molecule has 0 atom stereocenters. The molecule has 3 rings (SSSR count). The first-order chi connectivity index (χ1) is 9.66. The molecule has 1 aromatic heterocycles. The lowest BCUT2D eigenvalue weighted by atomic mass is 10.0. The van der Waals surface area contributed by atoms with Gasteiger partial charge in [0.15, 0.2) is 5.82 Å². The molecule has 0 saturated heterocycles. The van der Waals surface area contributed by atoms with Crippen molar-refractivity contribution >= 4 is 22.6 Å². The molecule has 0 bridgehead atoms. The number of H-pyrrole nitrogens is 1. The van der Waals surface area contributed by atoms with E-state index in [0.717, 1.165) is 22.0 Å². The van der Waals surface area contributed by atoms with Crippen molar-refractivity contribution in [3.63, 3.8) is 0 Å². The SMILES string of the molecule is Cc1cccc(C)c1C(=O)Nc1n[nH]c2ccccc12. The lowest BCUT2D eigenvalue weighted by molar-refractivity contribution is 0.102. The van der Waals surface area contributed by atoms with E-state index >= 15 is 0 Å². The summed E-state index contributed by atoms with van der Waals surface area (Å²) in [5.41, 5.74) is 3.54. The molecule has 0 saturated carbocycles. The van der Waals surface area contributed by atoms with Crippen LogP contribution in [0.25, 0.3) is 10.9 Å². The van der Waals surface area contributed by atoms with Crippen LogP contribution in [0.3, 0.4) is 0 Å². The smallest absolute Gasteiger partial charge is 0.257 e. The minimum absolute atomic E-state index is 0.127. The molecule has 0 unspecified atom stereocenters. The van der Waals surface area contributed by atoms with Crippen LogP contribution in [0.15, 0.2) is 42.5 Å². The molecule has 0 aliphatic heterocycles. The Labute approximate surface area is 116 Å². The van der Waals surface area contributed by atoms with Crippen LogP contribution in [-0.2, 0) is 0 Å². The molecule has 3 aromatic rings. The van der Waals surface area contributed by atoms with Crippen LogP contribution in [-0.4, -0.2) is 16.1 Å². The molecule has 4 nitrogen and oxygen atoms in total. The average molecular weight is 265 g/mol. The van der Waals surface area contributed by atoms with Crippen LogP contribution in [0, 0.1) is 13.8 Å². The quantitative estimate of drug-likeness (QED) is 0.745. The molecule has 100 valence electrons. The predicted molar refractivity (Wildman–Crippen MR) is 80.0 cm³/mol. The number of carbonyl (C=O) groups is 1. The number of hydrogen-bond donors (Lipinski definition) is 2. The molecule has 2 aromatic carbocycles. The second-order valence-electron chi connectivity index (χ2n) is 4.84. The summed E-state index contributed by atoms with van der Waals surface area (Å²) in [5, 5.41) is 10.9. The van der Waals surface area contributed by atoms with Gasteiger partial charge in [0.2, 0.25) is 0 Å². The summed E-state index contributed by atoms with van der Waals surface area (Å²) in [6, 6.07) is 13.5. The lowest BCUT2D eigenvalue weighted by Gasteiger charge is -2.09. The van der Waals surface area contributed by atoms with E-state index < -0.39 is 0 Å². The zero-order chi connectivity index (χ0) is 14.1. The van der Waals surface area contributed by atoms with Crippen LogP contribution >= 0.6 is 0 Å². The largest absolute Gasteiger partial charge is 0.305 e. The van der Waals surface area contributed by atoms with Gasteiger partial charge in [0.1, 0.15) is 0 Å². The van der Waals surface area contributed by atoms with E-state index in [0.29, 0.717) is 11.4 Å². The van der Waals surface area contributed by atoms with E-state index in [4.69, 9.17) is 0 Å². The highest BCUT2D eigenvalue weighted by Gasteiger charge is 2.14. The molecule has 0 spiro atoms. The number of nitrogens with zero attached hydrogens (tertiary/aromatic N) is 1. The standard InChI is InChI=1S/C16H15N3O/c1-10-6-5-7-11(2)14(10)16(20)17-15-12-8-3-4-9-13(12)18-19-15/h3-9H,1-2H3,(H2,17,18,19,20). The number of aromatic amines is 1. The monoisotopic (exact) mass is 265 g/mol. The molecular weight excluding hydrogens is 250 g/mol. The fourth-order valence-corrected chi connectivity index (χ4v) is 2.40. The molecule has 1 amide bonds. The third-order valence-electron chi connectivity index (χ3n) is 3.41. The number of hydrogen-bond acceptors (Lipinski definition) is 2. The molecule has 2 N–H and O–H groups in total. The predicted octanol–water partition coefficient (Wildman–Crippen LogP) is 3.43. The summed E-state index contributed by atoms with van der Waals surface area (Å²) >= 11 is 0. The average Bonchev–Trinajstić information content (AvgIpc) is 2.82. The van der Waals surface area contributed by atoms with Crippen molar-refractivity contribution in [2.75, 3.05) is 5.32 Å². The Bertz CT molecular complexity index is 769. The second kappa shape index (κ2) is 4.81. The Kier molecular flexibility index (Phi) is 2.99. The van der Waals surface area contributed by atoms with Gasteiger partial charge in [-0.1, -0.05) is 30.3 Å². The highest BCUT2D eigenvalue weighted by atomic mass is 16.1. The zero-order valence-corrected chi connectivity index (χ0v) is 11.4. The lowest BCUT2D eigenvalue weighted by Crippen LogP contribution is -2.15. The van der Waals surface area contributed by atoms with E-state index in [2.05, 4.69) is 15.5 Å². The van der Waals surface area contributed by atoms with Gasteiger partial charge < -0.3 is 5.32 Å². The minimum Gasteiger partial charge on any atom is -0.305 e. The number of benzene rings is 2. The van der Waals surface area contributed by atoms with Gasteiger partial charge in [-0.15, -0.1) is 0 Å². The number of nitrogens with one attached hydrogen (secondary N) is 2. The number of aromatic nitrogens is 2. The number of amides is 1. The summed E-state index contributed by atoms with van der Waals surface area (Å²) in [4.78, 5) is 12.4. The molecular formula is C16H15N3O. The molecule has 0 fully saturated rings. The van der Waals surface area contributed by atoms with E-state index in [1.807, 2.05) is 56.3 Å². The van der Waals surface area contributed by atoms with Gasteiger partial charge in [0.25, 0.3) is 5.91 Å². The number of carbonyl (C=O) groups excluding carboxylic acids is 1. The number of rotatable bonds is 2. The highest BCUT2D eigenvalue weighted by Crippen LogP contribution is 2.21. The fraction of sp³-hybridized carbons (Fsp3) is 0.125. The van der Waals surface area contributed by atoms with Crippen molar-refractivity contribution in [1.29, 1.82) is 0 Å². The number of fused-ring (bicyclic) bond motifs is 1. The van der Waals surface area contributed by atoms with Crippen LogP contribution in [0.1, 0.15) is 21.5 Å². The van der Waals surface area contributed by atoms with Gasteiger partial charge >= 0.3 is 0 Å². The van der Waals surface area contributed by atoms with Crippen LogP contribution < -0.4 is 5.32 Å². The van der Waals surface area contributed by atoms with Gasteiger partial charge in [0.05, 0.1) is 5.52 Å². The van der Waals surface area contributed by atoms with E-state index in [-0.39, 0.29) is 5.91 Å². The normalized spacial score (nSPS) is 10.7. The van der Waals surface area contributed by atoms with Crippen molar-refractivity contribution in [1.82, 2.24) is 10.2 Å². The van der Waals surface area contributed by atoms with Crippen molar-refractivity contribution in [3.8, 4) is 0 Å². The summed E-state index contributed by atoms with van der Waals surface area (Å²) < 4.78 is 0. The summed E-state index contributed by atoms with van der Waals surface area (Å²) in [6.07, 6.45) is 0. The molecule has 0 aliphatic carbocycles. The molecule has 20 heavy (non-hydrogen) atoms. The first-order valence-corrected chi connectivity index (χ1v) is 6.47. The number of anilines is 1. The second-order valence-corrected chi connectivity index (χ2v) is 4.84. The number of aryl methyl sites for hydroxylation is 2. The van der Waals surface area contributed by atoms with Crippen LogP contribution in [0.5, 0.6) is 0 Å². The van der Waals surface area contributed by atoms with Crippen molar-refractivity contribution in [2.45, 2.75) is 13.8 Å². The Hall–Kier alpha value is -2.62. The van der Waals surface area contributed by atoms with Crippen molar-refractivity contribution in [2.24, 2.45) is 0 Å². The Morgan fingerprint density at radius 1 is 1.05 bits per heavy atom. The topological polar surface area (TPSA) is 57.8 Å². The van der Waals surface area contributed by atoms with Crippen molar-refractivity contribution in [3.05, 3.63) is 59.2 Å². The summed E-state index contributed by atoms with van der Waals surface area (Å²) in [5.74, 6) is 0.436. The summed E-state index contributed by atoms with van der Waals surface area (Å²) in [6.45, 7) is 3.87. The Morgan fingerprint density at radius 2 is 1.75 bits per heavy atom. The Balaban J connectivity index is 1.97. The maximum absolute atomic E-state index is 12.4. The van der Waals surface area contributed by atoms with Gasteiger partial charge in [0, 0.05) is 10.9 Å².